The van der Waals surface area contributed by atoms with Gasteiger partial charge in [-0.3, -0.25) is 4.90 Å². The minimum atomic E-state index is 0.348. The zero-order valence-corrected chi connectivity index (χ0v) is 12.8. The van der Waals surface area contributed by atoms with Gasteiger partial charge in [-0.25, -0.2) is 0 Å². The molecular formula is C17H27NO2. The second kappa shape index (κ2) is 7.53. The van der Waals surface area contributed by atoms with Gasteiger partial charge in [-0.15, -0.1) is 0 Å². The molecule has 3 nitrogen and oxygen atoms in total. The largest absolute Gasteiger partial charge is 0.507 e. The van der Waals surface area contributed by atoms with E-state index in [1.165, 1.54) is 32.1 Å². The first kappa shape index (κ1) is 15.2. The molecule has 1 fully saturated rings. The summed E-state index contributed by atoms with van der Waals surface area (Å²) in [6.45, 7) is 3.58. The van der Waals surface area contributed by atoms with Crippen LogP contribution in [0.2, 0.25) is 0 Å². The monoisotopic (exact) mass is 277 g/mol. The van der Waals surface area contributed by atoms with Crippen molar-refractivity contribution in [1.29, 1.82) is 0 Å². The summed E-state index contributed by atoms with van der Waals surface area (Å²) in [5.74, 6) is 1.11. The summed E-state index contributed by atoms with van der Waals surface area (Å²) in [7, 11) is 2.16. The molecule has 3 heteroatoms. The van der Waals surface area contributed by atoms with Crippen LogP contribution in [0.25, 0.3) is 0 Å². The number of aromatic hydroxyl groups is 1. The molecule has 0 saturated heterocycles. The zero-order chi connectivity index (χ0) is 14.4. The van der Waals surface area contributed by atoms with Crippen LogP contribution in [0.1, 0.15) is 51.0 Å². The molecule has 2 rings (SSSR count). The molecule has 0 amide bonds. The van der Waals surface area contributed by atoms with Crippen molar-refractivity contribution in [2.45, 2.75) is 58.0 Å². The highest BCUT2D eigenvalue weighted by atomic mass is 16.5. The minimum Gasteiger partial charge on any atom is -0.507 e. The molecule has 1 aromatic carbocycles. The molecule has 112 valence electrons. The van der Waals surface area contributed by atoms with Crippen LogP contribution < -0.4 is 4.74 Å². The Morgan fingerprint density at radius 2 is 2.00 bits per heavy atom. The zero-order valence-electron chi connectivity index (χ0n) is 12.8. The molecular weight excluding hydrogens is 250 g/mol. The summed E-state index contributed by atoms with van der Waals surface area (Å²) in [4.78, 5) is 2.38. The van der Waals surface area contributed by atoms with Gasteiger partial charge in [0.05, 0.1) is 6.61 Å². The summed E-state index contributed by atoms with van der Waals surface area (Å²) < 4.78 is 5.54. The van der Waals surface area contributed by atoms with E-state index in [0.717, 1.165) is 24.3 Å². The van der Waals surface area contributed by atoms with Crippen LogP contribution in [0.3, 0.4) is 0 Å². The van der Waals surface area contributed by atoms with E-state index in [-0.39, 0.29) is 0 Å². The van der Waals surface area contributed by atoms with Crippen LogP contribution in [0.4, 0.5) is 0 Å². The molecule has 1 aliphatic carbocycles. The molecule has 1 aromatic rings. The van der Waals surface area contributed by atoms with Crippen molar-refractivity contribution in [2.75, 3.05) is 13.7 Å². The number of ether oxygens (including phenoxy) is 1. The number of hydrogen-bond acceptors (Lipinski definition) is 3. The molecule has 0 aliphatic heterocycles. The van der Waals surface area contributed by atoms with Crippen LogP contribution in [0, 0.1) is 0 Å². The van der Waals surface area contributed by atoms with Crippen molar-refractivity contribution >= 4 is 0 Å². The molecule has 0 spiro atoms. The lowest BCUT2D eigenvalue weighted by atomic mass is 9.94. The van der Waals surface area contributed by atoms with Crippen LogP contribution >= 0.6 is 0 Å². The first-order chi connectivity index (χ1) is 9.70. The van der Waals surface area contributed by atoms with Crippen molar-refractivity contribution in [3.63, 3.8) is 0 Å². The molecule has 1 saturated carbocycles. The fourth-order valence-electron chi connectivity index (χ4n) is 2.91. The molecule has 0 bridgehead atoms. The van der Waals surface area contributed by atoms with E-state index in [0.29, 0.717) is 18.4 Å². The maximum absolute atomic E-state index is 10.1. The summed E-state index contributed by atoms with van der Waals surface area (Å²) in [6.07, 6.45) is 7.60. The Morgan fingerprint density at radius 3 is 2.65 bits per heavy atom. The number of rotatable bonds is 6. The third-order valence-electron chi connectivity index (χ3n) is 4.15. The quantitative estimate of drug-likeness (QED) is 0.854. The van der Waals surface area contributed by atoms with Gasteiger partial charge in [-0.1, -0.05) is 32.3 Å². The number of phenolic OH excluding ortho intramolecular Hbond substituents is 1. The van der Waals surface area contributed by atoms with Gasteiger partial charge in [0.15, 0.2) is 0 Å². The van der Waals surface area contributed by atoms with Crippen LogP contribution in [-0.4, -0.2) is 29.7 Å². The lowest BCUT2D eigenvalue weighted by molar-refractivity contribution is 0.183. The van der Waals surface area contributed by atoms with Crippen molar-refractivity contribution < 1.29 is 9.84 Å². The number of nitrogens with zero attached hydrogens (tertiary/aromatic N) is 1. The minimum absolute atomic E-state index is 0.348. The van der Waals surface area contributed by atoms with E-state index >= 15 is 0 Å². The lowest BCUT2D eigenvalue weighted by Crippen LogP contribution is -2.32. The SMILES string of the molecule is CCCOc1ccc(CN(C)C2CCCCC2)c(O)c1. The summed E-state index contributed by atoms with van der Waals surface area (Å²) >= 11 is 0. The van der Waals surface area contributed by atoms with E-state index in [1.54, 1.807) is 6.07 Å². The predicted molar refractivity (Wildman–Crippen MR) is 82.2 cm³/mol. The highest BCUT2D eigenvalue weighted by molar-refractivity contribution is 5.39. The maximum Gasteiger partial charge on any atom is 0.123 e. The van der Waals surface area contributed by atoms with E-state index in [2.05, 4.69) is 18.9 Å². The normalized spacial score (nSPS) is 16.6. The van der Waals surface area contributed by atoms with Gasteiger partial charge in [-0.05, 0) is 32.4 Å². The smallest absolute Gasteiger partial charge is 0.123 e. The predicted octanol–water partition coefficient (Wildman–Crippen LogP) is 3.95. The number of benzene rings is 1. The molecule has 0 heterocycles. The van der Waals surface area contributed by atoms with Gasteiger partial charge >= 0.3 is 0 Å². The van der Waals surface area contributed by atoms with Crippen molar-refractivity contribution in [2.24, 2.45) is 0 Å². The number of hydrogen-bond donors (Lipinski definition) is 1. The van der Waals surface area contributed by atoms with E-state index < -0.39 is 0 Å². The van der Waals surface area contributed by atoms with Crippen molar-refractivity contribution in [1.82, 2.24) is 4.90 Å². The topological polar surface area (TPSA) is 32.7 Å². The molecule has 1 aliphatic rings. The Morgan fingerprint density at radius 1 is 1.25 bits per heavy atom. The molecule has 0 aromatic heterocycles. The van der Waals surface area contributed by atoms with Gasteiger partial charge in [0, 0.05) is 24.2 Å². The lowest BCUT2D eigenvalue weighted by Gasteiger charge is -2.31. The average Bonchev–Trinajstić information content (AvgIpc) is 2.48. The van der Waals surface area contributed by atoms with Gasteiger partial charge in [-0.2, -0.15) is 0 Å². The standard InChI is InChI=1S/C17H27NO2/c1-3-11-20-16-10-9-14(17(19)12-16)13-18(2)15-7-5-4-6-8-15/h9-10,12,15,19H,3-8,11,13H2,1-2H3. The fourth-order valence-corrected chi connectivity index (χ4v) is 2.91. The van der Waals surface area contributed by atoms with Crippen molar-refractivity contribution in [3.8, 4) is 11.5 Å². The Kier molecular flexibility index (Phi) is 5.72. The maximum atomic E-state index is 10.1. The molecule has 1 N–H and O–H groups in total. The number of phenols is 1. The summed E-state index contributed by atoms with van der Waals surface area (Å²) in [5.41, 5.74) is 0.988. The Labute approximate surface area is 122 Å². The van der Waals surface area contributed by atoms with E-state index in [9.17, 15) is 5.11 Å². The van der Waals surface area contributed by atoms with Crippen LogP contribution in [0.5, 0.6) is 11.5 Å². The van der Waals surface area contributed by atoms with Gasteiger partial charge in [0.1, 0.15) is 11.5 Å². The average molecular weight is 277 g/mol. The van der Waals surface area contributed by atoms with E-state index in [4.69, 9.17) is 4.74 Å². The summed E-state index contributed by atoms with van der Waals surface area (Å²) in [6, 6.07) is 6.35. The highest BCUT2D eigenvalue weighted by Gasteiger charge is 2.18. The highest BCUT2D eigenvalue weighted by Crippen LogP contribution is 2.27. The Hall–Kier alpha value is -1.22. The first-order valence-electron chi connectivity index (χ1n) is 7.85. The fraction of sp³-hybridized carbons (Fsp3) is 0.647. The van der Waals surface area contributed by atoms with Crippen LogP contribution in [0.15, 0.2) is 18.2 Å². The van der Waals surface area contributed by atoms with Crippen molar-refractivity contribution in [3.05, 3.63) is 23.8 Å². The van der Waals surface area contributed by atoms with Crippen LogP contribution in [-0.2, 0) is 6.54 Å². The molecule has 20 heavy (non-hydrogen) atoms. The third-order valence-corrected chi connectivity index (χ3v) is 4.15. The molecule has 0 radical (unpaired) electrons. The van der Waals surface area contributed by atoms with Gasteiger partial charge in [0.25, 0.3) is 0 Å². The van der Waals surface area contributed by atoms with E-state index in [1.807, 2.05) is 12.1 Å². The second-order valence-corrected chi connectivity index (χ2v) is 5.85. The summed E-state index contributed by atoms with van der Waals surface area (Å²) in [5, 5.41) is 10.1. The van der Waals surface area contributed by atoms with Gasteiger partial charge < -0.3 is 9.84 Å². The molecule has 0 atom stereocenters. The Bertz CT molecular complexity index is 413. The Balaban J connectivity index is 1.94. The van der Waals surface area contributed by atoms with Gasteiger partial charge in [0.2, 0.25) is 0 Å². The molecule has 0 unspecified atom stereocenters. The first-order valence-corrected chi connectivity index (χ1v) is 7.85. The second-order valence-electron chi connectivity index (χ2n) is 5.85. The third kappa shape index (κ3) is 4.14.